The van der Waals surface area contributed by atoms with Crippen LogP contribution in [-0.2, 0) is 10.0 Å². The molecule has 2 N–H and O–H groups in total. The quantitative estimate of drug-likeness (QED) is 0.670. The minimum Gasteiger partial charge on any atom is -0.350 e. The molecule has 0 fully saturated rings. The summed E-state index contributed by atoms with van der Waals surface area (Å²) in [6, 6.07) is 10.9. The molecule has 0 bridgehead atoms. The van der Waals surface area contributed by atoms with Crippen molar-refractivity contribution in [2.75, 3.05) is 24.4 Å². The van der Waals surface area contributed by atoms with Crippen molar-refractivity contribution >= 4 is 21.6 Å². The standard InChI is InChI=1S/C20H26FN3O3S/c1-4-24(5-2)15(3)14-22-20(25)16-6-12-19(13-7-16)28(26,27)23-18-10-8-17(21)9-11-18/h6-13,15,23H,4-5,14H2,1-3H3,(H,22,25). The normalized spacial score (nSPS) is 12.6. The number of halogens is 1. The van der Waals surface area contributed by atoms with Gasteiger partial charge in [-0.05, 0) is 68.5 Å². The number of carbonyl (C=O) groups excluding carboxylic acids is 1. The molecule has 1 amide bonds. The molecule has 28 heavy (non-hydrogen) atoms. The summed E-state index contributed by atoms with van der Waals surface area (Å²) in [5, 5.41) is 2.87. The van der Waals surface area contributed by atoms with Gasteiger partial charge in [0, 0.05) is 23.8 Å². The van der Waals surface area contributed by atoms with Gasteiger partial charge in [0.25, 0.3) is 15.9 Å². The lowest BCUT2D eigenvalue weighted by Gasteiger charge is -2.26. The first-order valence-corrected chi connectivity index (χ1v) is 10.7. The van der Waals surface area contributed by atoms with Gasteiger partial charge >= 0.3 is 0 Å². The Kier molecular flexibility index (Phi) is 7.53. The van der Waals surface area contributed by atoms with Gasteiger partial charge in [-0.3, -0.25) is 14.4 Å². The zero-order chi connectivity index (χ0) is 20.7. The molecule has 152 valence electrons. The van der Waals surface area contributed by atoms with Crippen molar-refractivity contribution in [3.63, 3.8) is 0 Å². The number of carbonyl (C=O) groups is 1. The highest BCUT2D eigenvalue weighted by atomic mass is 32.2. The molecular weight excluding hydrogens is 381 g/mol. The van der Waals surface area contributed by atoms with Crippen LogP contribution >= 0.6 is 0 Å². The topological polar surface area (TPSA) is 78.5 Å². The van der Waals surface area contributed by atoms with E-state index in [0.717, 1.165) is 13.1 Å². The minimum atomic E-state index is -3.82. The number of benzene rings is 2. The van der Waals surface area contributed by atoms with Crippen molar-refractivity contribution in [1.82, 2.24) is 10.2 Å². The number of likely N-dealkylation sites (N-methyl/N-ethyl adjacent to an activating group) is 1. The van der Waals surface area contributed by atoms with E-state index >= 15 is 0 Å². The smallest absolute Gasteiger partial charge is 0.261 e. The van der Waals surface area contributed by atoms with Crippen molar-refractivity contribution in [2.45, 2.75) is 31.7 Å². The van der Waals surface area contributed by atoms with Crippen LogP contribution in [0.5, 0.6) is 0 Å². The first kappa shape index (κ1) is 21.8. The number of nitrogens with zero attached hydrogens (tertiary/aromatic N) is 1. The summed E-state index contributed by atoms with van der Waals surface area (Å²) >= 11 is 0. The van der Waals surface area contributed by atoms with Gasteiger partial charge in [0.1, 0.15) is 5.82 Å². The monoisotopic (exact) mass is 407 g/mol. The summed E-state index contributed by atoms with van der Waals surface area (Å²) in [4.78, 5) is 14.6. The fourth-order valence-corrected chi connectivity index (χ4v) is 3.89. The van der Waals surface area contributed by atoms with Crippen LogP contribution in [0.4, 0.5) is 10.1 Å². The van der Waals surface area contributed by atoms with E-state index in [-0.39, 0.29) is 22.5 Å². The lowest BCUT2D eigenvalue weighted by atomic mass is 10.2. The Morgan fingerprint density at radius 3 is 2.14 bits per heavy atom. The molecule has 0 saturated heterocycles. The highest BCUT2D eigenvalue weighted by Gasteiger charge is 2.16. The second-order valence-electron chi connectivity index (χ2n) is 6.42. The van der Waals surface area contributed by atoms with E-state index in [0.29, 0.717) is 12.1 Å². The van der Waals surface area contributed by atoms with E-state index in [1.807, 2.05) is 6.92 Å². The zero-order valence-corrected chi connectivity index (χ0v) is 17.1. The van der Waals surface area contributed by atoms with Crippen molar-refractivity contribution in [1.29, 1.82) is 0 Å². The predicted molar refractivity (Wildman–Crippen MR) is 108 cm³/mol. The number of nitrogens with one attached hydrogen (secondary N) is 2. The molecule has 0 aliphatic heterocycles. The molecule has 2 rings (SSSR count). The van der Waals surface area contributed by atoms with Gasteiger partial charge in [0.2, 0.25) is 0 Å². The van der Waals surface area contributed by atoms with E-state index in [2.05, 4.69) is 28.8 Å². The lowest BCUT2D eigenvalue weighted by molar-refractivity contribution is 0.0938. The Balaban J connectivity index is 2.01. The van der Waals surface area contributed by atoms with Gasteiger partial charge in [-0.1, -0.05) is 13.8 Å². The summed E-state index contributed by atoms with van der Waals surface area (Å²) < 4.78 is 40.1. The highest BCUT2D eigenvalue weighted by molar-refractivity contribution is 7.92. The Hall–Kier alpha value is -2.45. The number of sulfonamides is 1. The van der Waals surface area contributed by atoms with Crippen LogP contribution in [0.1, 0.15) is 31.1 Å². The van der Waals surface area contributed by atoms with Gasteiger partial charge in [-0.2, -0.15) is 0 Å². The lowest BCUT2D eigenvalue weighted by Crippen LogP contribution is -2.42. The predicted octanol–water partition coefficient (Wildman–Crippen LogP) is 3.09. The van der Waals surface area contributed by atoms with Crippen LogP contribution in [-0.4, -0.2) is 44.9 Å². The van der Waals surface area contributed by atoms with Gasteiger partial charge in [-0.25, -0.2) is 12.8 Å². The highest BCUT2D eigenvalue weighted by Crippen LogP contribution is 2.17. The molecule has 8 heteroatoms. The average molecular weight is 408 g/mol. The number of anilines is 1. The van der Waals surface area contributed by atoms with Crippen molar-refractivity contribution < 1.29 is 17.6 Å². The maximum atomic E-state index is 12.9. The number of hydrogen-bond donors (Lipinski definition) is 2. The third-order valence-corrected chi connectivity index (χ3v) is 5.91. The molecular formula is C20H26FN3O3S. The van der Waals surface area contributed by atoms with Gasteiger partial charge in [0.15, 0.2) is 0 Å². The van der Waals surface area contributed by atoms with E-state index in [1.165, 1.54) is 48.5 Å². The maximum absolute atomic E-state index is 12.9. The van der Waals surface area contributed by atoms with Crippen LogP contribution in [0.25, 0.3) is 0 Å². The molecule has 2 aromatic carbocycles. The van der Waals surface area contributed by atoms with Crippen molar-refractivity contribution in [2.24, 2.45) is 0 Å². The van der Waals surface area contributed by atoms with Crippen LogP contribution in [0.15, 0.2) is 53.4 Å². The molecule has 1 unspecified atom stereocenters. The van der Waals surface area contributed by atoms with Crippen LogP contribution < -0.4 is 10.0 Å². The summed E-state index contributed by atoms with van der Waals surface area (Å²) in [6.07, 6.45) is 0. The first-order chi connectivity index (χ1) is 13.3. The number of amides is 1. The maximum Gasteiger partial charge on any atom is 0.261 e. The van der Waals surface area contributed by atoms with E-state index < -0.39 is 15.8 Å². The third-order valence-electron chi connectivity index (χ3n) is 4.52. The molecule has 0 aliphatic rings. The van der Waals surface area contributed by atoms with Crippen molar-refractivity contribution in [3.05, 3.63) is 59.9 Å². The molecule has 0 aliphatic carbocycles. The Labute approximate surface area is 165 Å². The third kappa shape index (κ3) is 5.77. The number of hydrogen-bond acceptors (Lipinski definition) is 4. The zero-order valence-electron chi connectivity index (χ0n) is 16.3. The molecule has 0 aromatic heterocycles. The second-order valence-corrected chi connectivity index (χ2v) is 8.10. The Bertz CT molecular complexity index is 880. The second kappa shape index (κ2) is 9.66. The molecule has 2 aromatic rings. The molecule has 1 atom stereocenters. The molecule has 0 radical (unpaired) electrons. The van der Waals surface area contributed by atoms with Crippen LogP contribution in [0.3, 0.4) is 0 Å². The van der Waals surface area contributed by atoms with Gasteiger partial charge in [-0.15, -0.1) is 0 Å². The summed E-state index contributed by atoms with van der Waals surface area (Å²) in [6.45, 7) is 8.50. The Morgan fingerprint density at radius 2 is 1.61 bits per heavy atom. The SMILES string of the molecule is CCN(CC)C(C)CNC(=O)c1ccc(S(=O)(=O)Nc2ccc(F)cc2)cc1. The summed E-state index contributed by atoms with van der Waals surface area (Å²) in [5.74, 6) is -0.705. The van der Waals surface area contributed by atoms with Crippen LogP contribution in [0.2, 0.25) is 0 Å². The van der Waals surface area contributed by atoms with Gasteiger partial charge < -0.3 is 5.32 Å². The average Bonchev–Trinajstić information content (AvgIpc) is 2.69. The van der Waals surface area contributed by atoms with Gasteiger partial charge in [0.05, 0.1) is 4.90 Å². The number of rotatable bonds is 9. The molecule has 0 spiro atoms. The fraction of sp³-hybridized carbons (Fsp3) is 0.350. The van der Waals surface area contributed by atoms with Crippen molar-refractivity contribution in [3.8, 4) is 0 Å². The summed E-state index contributed by atoms with van der Waals surface area (Å²) in [5.41, 5.74) is 0.640. The van der Waals surface area contributed by atoms with Crippen LogP contribution in [0, 0.1) is 5.82 Å². The molecule has 0 saturated carbocycles. The fourth-order valence-electron chi connectivity index (χ4n) is 2.84. The molecule has 6 nitrogen and oxygen atoms in total. The molecule has 0 heterocycles. The minimum absolute atomic E-state index is 0.0184. The first-order valence-electron chi connectivity index (χ1n) is 9.17. The summed E-state index contributed by atoms with van der Waals surface area (Å²) in [7, 11) is -3.82. The largest absolute Gasteiger partial charge is 0.350 e. The Morgan fingerprint density at radius 1 is 1.04 bits per heavy atom. The van der Waals surface area contributed by atoms with E-state index in [4.69, 9.17) is 0 Å². The van der Waals surface area contributed by atoms with E-state index in [1.54, 1.807) is 0 Å². The van der Waals surface area contributed by atoms with E-state index in [9.17, 15) is 17.6 Å².